The Balaban J connectivity index is 0.000000143. The minimum atomic E-state index is -0.690. The maximum absolute atomic E-state index is 13.4. The van der Waals surface area contributed by atoms with Gasteiger partial charge in [0.25, 0.3) is 0 Å². The molecule has 0 spiro atoms. The van der Waals surface area contributed by atoms with Gasteiger partial charge in [-0.1, -0.05) is 134 Å². The van der Waals surface area contributed by atoms with Crippen LogP contribution in [0.1, 0.15) is 131 Å². The summed E-state index contributed by atoms with van der Waals surface area (Å²) in [4.78, 5) is 59.6. The summed E-state index contributed by atoms with van der Waals surface area (Å²) in [6.07, 6.45) is 13.5. The normalized spacial score (nSPS) is 32.7. The number of rotatable bonds is 7. The maximum Gasteiger partial charge on any atom is 0.409 e. The predicted octanol–water partition coefficient (Wildman–Crippen LogP) is 14.3. The molecule has 482 valence electrons. The van der Waals surface area contributed by atoms with Gasteiger partial charge in [-0.25, -0.2) is 19.2 Å². The molecule has 0 unspecified atom stereocenters. The molecule has 0 N–H and O–H groups in total. The van der Waals surface area contributed by atoms with Crippen molar-refractivity contribution in [1.29, 1.82) is 0 Å². The number of ether oxygens (including phenoxy) is 4. The highest BCUT2D eigenvalue weighted by atomic mass is 16.6. The maximum atomic E-state index is 13.4. The van der Waals surface area contributed by atoms with Crippen LogP contribution >= 0.6 is 0 Å². The number of carbonyl (C=O) groups excluding carboxylic acids is 4. The predicted molar refractivity (Wildman–Crippen MR) is 350 cm³/mol. The highest BCUT2D eigenvalue weighted by Crippen LogP contribution is 2.70. The SMILES string of the molecule is COC(=O)N1CC[C@]2(N=Nc3cccc4c3C[C@@H]3N(C(=O)OC)CC[C@]43N=N[C@@]34CCC[C@@H]3Cc3ccccc34)c3ccccc3C[C@H]12.COC(=O)N1CC[C@]2(N=Nc3cccc4c3C[C@@H]3N(C(=O)OC)CC[C@]43[C@@]34CCC[C@@H]3Cc3ccccc34)c3ccccc3C[C@H]12. The Hall–Kier alpha value is -8.80. The fourth-order valence-electron chi connectivity index (χ4n) is 21.8. The van der Waals surface area contributed by atoms with E-state index in [-0.39, 0.29) is 64.9 Å². The largest absolute Gasteiger partial charge is 0.453 e. The van der Waals surface area contributed by atoms with E-state index in [4.69, 9.17) is 49.6 Å². The fourth-order valence-corrected chi connectivity index (χ4v) is 21.8. The molecule has 0 aromatic heterocycles. The van der Waals surface area contributed by atoms with Crippen LogP contribution in [0.5, 0.6) is 0 Å². The van der Waals surface area contributed by atoms with Gasteiger partial charge < -0.3 is 38.5 Å². The van der Waals surface area contributed by atoms with Gasteiger partial charge in [-0.3, -0.25) is 0 Å². The third-order valence-electron chi connectivity index (χ3n) is 25.5. The van der Waals surface area contributed by atoms with E-state index in [1.807, 2.05) is 39.0 Å². The van der Waals surface area contributed by atoms with E-state index in [0.29, 0.717) is 70.1 Å². The zero-order valence-corrected chi connectivity index (χ0v) is 54.0. The number of fused-ring (bicyclic) bond motifs is 19. The van der Waals surface area contributed by atoms with Crippen LogP contribution in [0, 0.1) is 11.8 Å². The Kier molecular flexibility index (Phi) is 13.7. The second-order valence-corrected chi connectivity index (χ2v) is 28.6. The molecule has 4 amide bonds. The van der Waals surface area contributed by atoms with Crippen LogP contribution in [-0.2, 0) is 90.5 Å². The van der Waals surface area contributed by atoms with Gasteiger partial charge in [0.15, 0.2) is 0 Å². The second kappa shape index (κ2) is 21.9. The Morgan fingerprint density at radius 3 is 1.29 bits per heavy atom. The van der Waals surface area contributed by atoms with Crippen LogP contribution in [0.2, 0.25) is 0 Å². The summed E-state index contributed by atoms with van der Waals surface area (Å²) in [5.74, 6) is 1.00. The molecule has 12 aliphatic rings. The van der Waals surface area contributed by atoms with Gasteiger partial charge in [-0.15, -0.1) is 0 Å². The lowest BCUT2D eigenvalue weighted by Gasteiger charge is -2.50. The number of hydrogen-bond acceptors (Lipinski definition) is 14. The number of nitrogens with zero attached hydrogens (tertiary/aromatic N) is 10. The van der Waals surface area contributed by atoms with Crippen molar-refractivity contribution in [3.63, 3.8) is 0 Å². The molecular formula is C76H80N10O8. The van der Waals surface area contributed by atoms with E-state index in [9.17, 15) is 19.2 Å². The van der Waals surface area contributed by atoms with Crippen molar-refractivity contribution in [2.45, 2.75) is 160 Å². The molecule has 6 aromatic rings. The molecule has 6 aromatic carbocycles. The first kappa shape index (κ1) is 59.0. The smallest absolute Gasteiger partial charge is 0.409 e. The van der Waals surface area contributed by atoms with Gasteiger partial charge in [0.1, 0.15) is 22.2 Å². The molecule has 2 saturated carbocycles. The van der Waals surface area contributed by atoms with E-state index in [1.165, 1.54) is 85.8 Å². The first-order valence-electron chi connectivity index (χ1n) is 34.2. The molecular weight excluding hydrogens is 1180 g/mol. The van der Waals surface area contributed by atoms with Gasteiger partial charge in [0, 0.05) is 43.1 Å². The quantitative estimate of drug-likeness (QED) is 0.111. The molecule has 0 bridgehead atoms. The van der Waals surface area contributed by atoms with Crippen LogP contribution in [-0.4, -0.2) is 123 Å². The average Bonchev–Trinajstić information content (AvgIpc) is 1.49. The van der Waals surface area contributed by atoms with E-state index in [2.05, 4.69) is 109 Å². The summed E-state index contributed by atoms with van der Waals surface area (Å²) in [6, 6.07) is 46.7. The molecule has 18 nitrogen and oxygen atoms in total. The number of azo groups is 3. The Labute approximate surface area is 548 Å². The molecule has 0 radical (unpaired) electrons. The Bertz CT molecular complexity index is 4230. The minimum absolute atomic E-state index is 0.00234. The molecule has 8 aliphatic carbocycles. The zero-order chi connectivity index (χ0) is 63.9. The molecule has 12 atom stereocenters. The zero-order valence-electron chi connectivity index (χ0n) is 54.0. The molecule has 4 saturated heterocycles. The van der Waals surface area contributed by atoms with Crippen molar-refractivity contribution >= 4 is 35.7 Å². The van der Waals surface area contributed by atoms with Crippen LogP contribution in [0.4, 0.5) is 30.6 Å². The van der Waals surface area contributed by atoms with E-state index < -0.39 is 16.6 Å². The summed E-state index contributed by atoms with van der Waals surface area (Å²) >= 11 is 0. The van der Waals surface area contributed by atoms with Gasteiger partial charge in [0.2, 0.25) is 0 Å². The highest BCUT2D eigenvalue weighted by molar-refractivity contribution is 5.74. The first-order valence-corrected chi connectivity index (χ1v) is 34.2. The second-order valence-electron chi connectivity index (χ2n) is 28.6. The van der Waals surface area contributed by atoms with E-state index in [0.717, 1.165) is 91.4 Å². The van der Waals surface area contributed by atoms with Crippen LogP contribution in [0.25, 0.3) is 0 Å². The summed E-state index contributed by atoms with van der Waals surface area (Å²) in [6.45, 7) is 2.40. The molecule has 4 aliphatic heterocycles. The van der Waals surface area contributed by atoms with E-state index >= 15 is 0 Å². The topological polar surface area (TPSA) is 192 Å². The lowest BCUT2D eigenvalue weighted by molar-refractivity contribution is 0.0923. The lowest BCUT2D eigenvalue weighted by atomic mass is 9.53. The number of likely N-dealkylation sites (tertiary alicyclic amines) is 4. The van der Waals surface area contributed by atoms with Gasteiger partial charge in [-0.2, -0.15) is 30.7 Å². The number of amides is 4. The van der Waals surface area contributed by atoms with Gasteiger partial charge in [-0.05, 0) is 181 Å². The number of hydrogen-bond donors (Lipinski definition) is 0. The Morgan fingerprint density at radius 2 is 0.734 bits per heavy atom. The van der Waals surface area contributed by atoms with Crippen LogP contribution < -0.4 is 0 Å². The number of methoxy groups -OCH3 is 4. The monoisotopic (exact) mass is 1260 g/mol. The van der Waals surface area contributed by atoms with Crippen molar-refractivity contribution in [3.05, 3.63) is 200 Å². The van der Waals surface area contributed by atoms with Gasteiger partial charge >= 0.3 is 24.4 Å². The highest BCUT2D eigenvalue weighted by Gasteiger charge is 2.71. The summed E-state index contributed by atoms with van der Waals surface area (Å²) in [5.41, 5.74) is 14.2. The molecule has 6 fully saturated rings. The fraction of sp³-hybridized carbons (Fsp3) is 0.474. The molecule has 18 heteroatoms. The molecule has 4 heterocycles. The summed E-state index contributed by atoms with van der Waals surface area (Å²) < 4.78 is 21.0. The average molecular weight is 1260 g/mol. The van der Waals surface area contributed by atoms with Crippen molar-refractivity contribution < 1.29 is 38.1 Å². The standard InChI is InChI=1S/C38H40N6O4.C38H40N4O4/c1-47-34(45)43-19-17-37(29-13-6-4-10-25(29)22-32(37)43)40-39-31-15-7-14-30-27(31)23-33-38(30,18-20-44(33)35(46)48-2)42-41-36-16-8-11-26(36)21-24-9-3-5-12-28(24)36;1-45-34(43)41-19-17-37(36-16-8-11-26(36)21-24-9-3-5-12-28(24)36)30-14-7-15-31(27(30)23-32(37)41)39-40-38-18-20-42(35(44)46-2)33(38)22-25-10-4-6-13-29(25)38/h3-7,9-10,12-15,26,32-33H,8,11,16-23H2,1-2H3;3-7,9-10,12-15,26,32-33H,8,11,16-23H2,1-2H3/t2*26-,32+,33+,36+,37+,38+/m11/s1. The van der Waals surface area contributed by atoms with Crippen molar-refractivity contribution in [2.24, 2.45) is 42.5 Å². The van der Waals surface area contributed by atoms with Crippen molar-refractivity contribution in [3.8, 4) is 0 Å². The number of carbonyl (C=O) groups is 4. The summed E-state index contributed by atoms with van der Waals surface area (Å²) in [5, 5.41) is 31.3. The molecule has 18 rings (SSSR count). The molecule has 94 heavy (non-hydrogen) atoms. The van der Waals surface area contributed by atoms with Crippen LogP contribution in [0.15, 0.2) is 164 Å². The summed E-state index contributed by atoms with van der Waals surface area (Å²) in [7, 11) is 5.82. The third kappa shape index (κ3) is 7.99. The van der Waals surface area contributed by atoms with Gasteiger partial charge in [0.05, 0.1) is 57.9 Å². The van der Waals surface area contributed by atoms with Crippen molar-refractivity contribution in [2.75, 3.05) is 54.6 Å². The third-order valence-corrected chi connectivity index (χ3v) is 25.5. The van der Waals surface area contributed by atoms with Crippen LogP contribution in [0.3, 0.4) is 0 Å². The lowest BCUT2D eigenvalue weighted by Crippen LogP contribution is -2.55. The van der Waals surface area contributed by atoms with E-state index in [1.54, 1.807) is 4.90 Å². The van der Waals surface area contributed by atoms with Crippen molar-refractivity contribution in [1.82, 2.24) is 19.6 Å². The minimum Gasteiger partial charge on any atom is -0.453 e. The Morgan fingerprint density at radius 1 is 0.351 bits per heavy atom. The first-order chi connectivity index (χ1) is 45.9. The number of benzene rings is 6.